The molecule has 0 atom stereocenters. The van der Waals surface area contributed by atoms with E-state index < -0.39 is 0 Å². The van der Waals surface area contributed by atoms with Crippen LogP contribution in [0.15, 0.2) is 11.6 Å². The molecule has 0 heterocycles. The van der Waals surface area contributed by atoms with E-state index in [1.54, 1.807) is 0 Å². The predicted molar refractivity (Wildman–Crippen MR) is 33.9 cm³/mol. The van der Waals surface area contributed by atoms with Crippen molar-refractivity contribution in [2.75, 3.05) is 0 Å². The first-order valence-electron chi connectivity index (χ1n) is 1.28. The summed E-state index contributed by atoms with van der Waals surface area (Å²) in [5.41, 5.74) is 0. The van der Waals surface area contributed by atoms with Crippen molar-refractivity contribution < 1.29 is 0 Å². The van der Waals surface area contributed by atoms with Crippen LogP contribution >= 0.6 is 0 Å². The van der Waals surface area contributed by atoms with E-state index in [-0.39, 0.29) is 0 Å². The average molecular weight is 277 g/mol. The van der Waals surface area contributed by atoms with Gasteiger partial charge in [0.2, 0.25) is 0 Å². The van der Waals surface area contributed by atoms with Crippen LogP contribution in [0.5, 0.6) is 0 Å². The summed E-state index contributed by atoms with van der Waals surface area (Å²) in [4.78, 5) is 1.93. The minimum atomic E-state index is 0.514. The Morgan fingerprint density at radius 2 is 2.50 bits per heavy atom. The summed E-state index contributed by atoms with van der Waals surface area (Å²) < 4.78 is 1.30. The summed E-state index contributed by atoms with van der Waals surface area (Å²) in [5.74, 6) is 0. The zero-order valence-corrected chi connectivity index (χ0v) is 8.35. The monoisotopic (exact) mass is 280 g/mol. The fourth-order valence-electron chi connectivity index (χ4n) is 0.0713. The fourth-order valence-corrected chi connectivity index (χ4v) is 1.92. The van der Waals surface area contributed by atoms with Crippen LogP contribution in [0.4, 0.5) is 0 Å². The Hall–Kier alpha value is 1.17. The van der Waals surface area contributed by atoms with Gasteiger partial charge in [-0.1, -0.05) is 0 Å². The number of hydrogen-bond donors (Lipinski definition) is 0. The van der Waals surface area contributed by atoms with Gasteiger partial charge in [0.15, 0.2) is 0 Å². The van der Waals surface area contributed by atoms with Gasteiger partial charge in [-0.25, -0.2) is 0 Å². The van der Waals surface area contributed by atoms with Gasteiger partial charge in [-0.05, 0) is 0 Å². The zero-order chi connectivity index (χ0) is 4.99. The van der Waals surface area contributed by atoms with Gasteiger partial charge in [-0.2, -0.15) is 0 Å². The topological polar surface area (TPSA) is 0 Å². The van der Waals surface area contributed by atoms with E-state index in [9.17, 15) is 0 Å². The molecule has 0 aliphatic rings. The molecule has 0 aliphatic heterocycles. The molecule has 0 spiro atoms. The molecule has 0 bridgehead atoms. The summed E-state index contributed by atoms with van der Waals surface area (Å²) in [5, 5.41) is 0. The average Bonchev–Trinajstić information content (AvgIpc) is 1.35. The van der Waals surface area contributed by atoms with Crippen molar-refractivity contribution in [2.45, 2.75) is 0 Å². The van der Waals surface area contributed by atoms with E-state index in [2.05, 4.69) is 38.2 Å². The van der Waals surface area contributed by atoms with Crippen molar-refractivity contribution in [3.63, 3.8) is 0 Å². The van der Waals surface area contributed by atoms with E-state index in [1.165, 1.54) is 2.21 Å². The third-order valence-corrected chi connectivity index (χ3v) is 3.16. The van der Waals surface area contributed by atoms with Crippen molar-refractivity contribution in [3.05, 3.63) is 11.6 Å². The molecular formula is C3H4Se3. The van der Waals surface area contributed by atoms with E-state index in [0.717, 1.165) is 0 Å². The van der Waals surface area contributed by atoms with E-state index >= 15 is 0 Å². The second kappa shape index (κ2) is 4.33. The molecule has 0 aliphatic carbocycles. The van der Waals surface area contributed by atoms with E-state index in [1.807, 2.05) is 4.97 Å². The SMILES string of the molecule is C=C[Se]C(=[Se])[SeH]. The Morgan fingerprint density at radius 3 is 2.50 bits per heavy atom. The Labute approximate surface area is 60.1 Å². The molecule has 0 aromatic heterocycles. The van der Waals surface area contributed by atoms with Crippen molar-refractivity contribution in [1.29, 1.82) is 0 Å². The molecule has 3 heteroatoms. The van der Waals surface area contributed by atoms with Crippen LogP contribution in [-0.4, -0.2) is 48.8 Å². The van der Waals surface area contributed by atoms with Crippen LogP contribution in [-0.2, 0) is 0 Å². The van der Waals surface area contributed by atoms with Crippen molar-refractivity contribution >= 4 is 48.8 Å². The van der Waals surface area contributed by atoms with Crippen molar-refractivity contribution in [3.8, 4) is 0 Å². The van der Waals surface area contributed by atoms with Gasteiger partial charge >= 0.3 is 60.3 Å². The molecule has 0 N–H and O–H groups in total. The standard InChI is InChI=1S/C3H4Se3/c1-2-6-3(4)5/h2H,1H2,(H,4,5). The van der Waals surface area contributed by atoms with Gasteiger partial charge in [0.1, 0.15) is 0 Å². The Kier molecular flexibility index (Phi) is 5.17. The van der Waals surface area contributed by atoms with Crippen LogP contribution in [0.2, 0.25) is 0 Å². The second-order valence-corrected chi connectivity index (χ2v) is 8.66. The summed E-state index contributed by atoms with van der Waals surface area (Å²) in [6, 6.07) is 0. The summed E-state index contributed by atoms with van der Waals surface area (Å²) in [6.07, 6.45) is 0. The van der Waals surface area contributed by atoms with Crippen LogP contribution in [0.3, 0.4) is 0 Å². The molecule has 0 rings (SSSR count). The molecule has 0 nitrogen and oxygen atoms in total. The second-order valence-electron chi connectivity index (χ2n) is 0.550. The first-order chi connectivity index (χ1) is 2.77. The maximum atomic E-state index is 3.58. The molecule has 0 aromatic carbocycles. The fraction of sp³-hybridized carbons (Fsp3) is 0. The van der Waals surface area contributed by atoms with Crippen molar-refractivity contribution in [1.82, 2.24) is 0 Å². The molecule has 0 unspecified atom stereocenters. The van der Waals surface area contributed by atoms with Gasteiger partial charge < -0.3 is 0 Å². The summed E-state index contributed by atoms with van der Waals surface area (Å²) in [6.45, 7) is 3.58. The Morgan fingerprint density at radius 1 is 2.00 bits per heavy atom. The van der Waals surface area contributed by atoms with Gasteiger partial charge in [-0.3, -0.25) is 0 Å². The molecule has 0 saturated carbocycles. The van der Waals surface area contributed by atoms with Crippen LogP contribution in [0.1, 0.15) is 0 Å². The first kappa shape index (κ1) is 7.17. The molecule has 0 fully saturated rings. The predicted octanol–water partition coefficient (Wildman–Crippen LogP) is -1.01. The first-order valence-corrected chi connectivity index (χ1v) is 4.92. The van der Waals surface area contributed by atoms with Crippen LogP contribution < -0.4 is 0 Å². The molecule has 0 radical (unpaired) electrons. The third kappa shape index (κ3) is 5.17. The quantitative estimate of drug-likeness (QED) is 0.567. The Balaban J connectivity index is 3.05. The third-order valence-electron chi connectivity index (χ3n) is 0.184. The summed E-state index contributed by atoms with van der Waals surface area (Å²) >= 11 is 5.86. The zero-order valence-electron chi connectivity index (χ0n) is 3.05. The van der Waals surface area contributed by atoms with Gasteiger partial charge in [0.25, 0.3) is 0 Å². The van der Waals surface area contributed by atoms with E-state index in [4.69, 9.17) is 0 Å². The Bertz CT molecular complexity index is 66.4. The molecular weight excluding hydrogens is 273 g/mol. The van der Waals surface area contributed by atoms with Gasteiger partial charge in [0.05, 0.1) is 0 Å². The van der Waals surface area contributed by atoms with Crippen molar-refractivity contribution in [2.24, 2.45) is 0 Å². The molecule has 0 saturated heterocycles. The molecule has 6 heavy (non-hydrogen) atoms. The minimum absolute atomic E-state index is 0.514. The number of rotatable bonds is 2. The molecule has 0 aromatic rings. The van der Waals surface area contributed by atoms with Crippen LogP contribution in [0, 0.1) is 0 Å². The van der Waals surface area contributed by atoms with Crippen LogP contribution in [0.25, 0.3) is 0 Å². The van der Waals surface area contributed by atoms with Gasteiger partial charge in [0, 0.05) is 0 Å². The van der Waals surface area contributed by atoms with E-state index in [0.29, 0.717) is 15.0 Å². The number of hydrogen-bond acceptors (Lipinski definition) is 0. The normalized spacial score (nSPS) is 7.50. The summed E-state index contributed by atoms with van der Waals surface area (Å²) in [7, 11) is 0. The van der Waals surface area contributed by atoms with Gasteiger partial charge in [-0.15, -0.1) is 0 Å². The molecule has 34 valence electrons. The maximum absolute atomic E-state index is 3.58. The molecule has 0 amide bonds.